The van der Waals surface area contributed by atoms with E-state index in [-0.39, 0.29) is 31.3 Å². The van der Waals surface area contributed by atoms with Crippen LogP contribution in [0, 0.1) is 0 Å². The lowest BCUT2D eigenvalue weighted by molar-refractivity contribution is -0.870. The lowest BCUT2D eigenvalue weighted by atomic mass is 10.0. The van der Waals surface area contributed by atoms with Crippen molar-refractivity contribution in [3.63, 3.8) is 0 Å². The molecule has 0 aromatic carbocycles. The summed E-state index contributed by atoms with van der Waals surface area (Å²) >= 11 is 0. The number of carbonyl (C=O) groups is 2. The number of nitrogens with zero attached hydrogens (tertiary/aromatic N) is 1. The Morgan fingerprint density at radius 2 is 0.771 bits per heavy atom. The molecule has 0 fully saturated rings. The van der Waals surface area contributed by atoms with Gasteiger partial charge in [-0.05, 0) is 109 Å². The maximum Gasteiger partial charge on any atom is 0.306 e. The molecule has 3 unspecified atom stereocenters. The van der Waals surface area contributed by atoms with Gasteiger partial charge in [0.05, 0.1) is 33.8 Å². The largest absolute Gasteiger partial charge is 0.756 e. The van der Waals surface area contributed by atoms with Gasteiger partial charge in [0.1, 0.15) is 19.3 Å². The normalized spacial score (nSPS) is 14.2. The summed E-state index contributed by atoms with van der Waals surface area (Å²) in [4.78, 5) is 40.1. The Morgan fingerprint density at radius 1 is 0.434 bits per heavy atom. The molecule has 0 bridgehead atoms. The van der Waals surface area contributed by atoms with E-state index in [4.69, 9.17) is 13.8 Å². The molecule has 9 nitrogen and oxygen atoms in total. The summed E-state index contributed by atoms with van der Waals surface area (Å²) in [6, 6.07) is -0.916. The number of esters is 1. The average molecular weight is 1180 g/mol. The summed E-state index contributed by atoms with van der Waals surface area (Å²) in [5, 5.41) is 3.01. The fraction of sp³-hybridized carbons (Fsp3) is 0.753. The summed E-state index contributed by atoms with van der Waals surface area (Å²) in [6.45, 7) is 6.70. The quantitative estimate of drug-likeness (QED) is 0.0212. The van der Waals surface area contributed by atoms with Gasteiger partial charge in [0.25, 0.3) is 7.82 Å². The van der Waals surface area contributed by atoms with E-state index >= 15 is 0 Å². The van der Waals surface area contributed by atoms with Crippen LogP contribution < -0.4 is 10.2 Å². The highest BCUT2D eigenvalue weighted by molar-refractivity contribution is 7.45. The molecule has 1 amide bonds. The molecular weight excluding hydrogens is 1050 g/mol. The number of phosphoric ester groups is 1. The number of unbranched alkanes of at least 4 members (excludes halogenated alkanes) is 32. The minimum Gasteiger partial charge on any atom is -0.756 e. The zero-order valence-corrected chi connectivity index (χ0v) is 55.8. The first-order valence-electron chi connectivity index (χ1n) is 34.5. The molecule has 0 aliphatic heterocycles. The molecule has 0 aliphatic rings. The Kier molecular flexibility index (Phi) is 59.7. The highest BCUT2D eigenvalue weighted by atomic mass is 31.2. The molecule has 1 N–H and O–H groups in total. The number of amides is 1. The van der Waals surface area contributed by atoms with Crippen LogP contribution in [0.2, 0.25) is 0 Å². The van der Waals surface area contributed by atoms with Crippen LogP contribution in [0.4, 0.5) is 0 Å². The molecule has 0 aliphatic carbocycles. The van der Waals surface area contributed by atoms with Crippen molar-refractivity contribution in [2.24, 2.45) is 0 Å². The van der Waals surface area contributed by atoms with Gasteiger partial charge in [-0.3, -0.25) is 14.2 Å². The summed E-state index contributed by atoms with van der Waals surface area (Å²) in [5.41, 5.74) is 0. The third-order valence-electron chi connectivity index (χ3n) is 15.0. The number of hydrogen-bond donors (Lipinski definition) is 1. The molecule has 83 heavy (non-hydrogen) atoms. The van der Waals surface area contributed by atoms with Gasteiger partial charge >= 0.3 is 5.97 Å². The second kappa shape index (κ2) is 62.0. The van der Waals surface area contributed by atoms with Crippen LogP contribution in [0.1, 0.15) is 303 Å². The molecule has 0 radical (unpaired) electrons. The van der Waals surface area contributed by atoms with Crippen molar-refractivity contribution in [2.75, 3.05) is 40.9 Å². The Labute approximate surface area is 513 Å². The van der Waals surface area contributed by atoms with Gasteiger partial charge < -0.3 is 28.5 Å². The molecule has 3 atom stereocenters. The van der Waals surface area contributed by atoms with E-state index in [0.717, 1.165) is 89.9 Å². The van der Waals surface area contributed by atoms with E-state index in [9.17, 15) is 19.0 Å². The number of nitrogens with one attached hydrogen (secondary N) is 1. The zero-order chi connectivity index (χ0) is 60.7. The molecule has 0 spiro atoms. The second-order valence-corrected chi connectivity index (χ2v) is 25.7. The number of carbonyl (C=O) groups excluding carboxylic acids is 2. The smallest absolute Gasteiger partial charge is 0.306 e. The van der Waals surface area contributed by atoms with Gasteiger partial charge in [0.2, 0.25) is 5.91 Å². The van der Waals surface area contributed by atoms with Crippen molar-refractivity contribution in [3.8, 4) is 0 Å². The lowest BCUT2D eigenvalue weighted by Gasteiger charge is -2.30. The minimum atomic E-state index is -4.72. The Balaban J connectivity index is 5.12. The zero-order valence-electron chi connectivity index (χ0n) is 54.9. The summed E-state index contributed by atoms with van der Waals surface area (Å²) in [6.07, 6.45) is 84.0. The second-order valence-electron chi connectivity index (χ2n) is 24.3. The number of ether oxygens (including phenoxy) is 1. The van der Waals surface area contributed by atoms with E-state index in [1.165, 1.54) is 173 Å². The van der Waals surface area contributed by atoms with Gasteiger partial charge in [-0.1, -0.05) is 279 Å². The average Bonchev–Trinajstić information content (AvgIpc) is 3.51. The molecule has 480 valence electrons. The van der Waals surface area contributed by atoms with Crippen molar-refractivity contribution in [2.45, 2.75) is 315 Å². The number of likely N-dealkylation sites (N-methyl/N-ethyl adjacent to an activating group) is 1. The number of allylic oxidation sites excluding steroid dienone is 15. The standard InChI is InChI=1S/C73H131N2O7P/c1-7-10-13-16-19-22-25-27-29-31-33-35-36-37-38-40-42-44-46-48-51-54-57-60-63-66-73(77)82-71(64-61-58-55-52-49-24-21-18-15-12-9-3)70(69-81-83(78,79)80-68-67-75(4,5)6)74-72(76)65-62-59-56-53-50-47-45-43-41-39-34-32-30-28-26-23-20-17-14-11-8-2/h11,14,20,23,27-30,34,39,43,45,50,53,61,64,70-71H,7-10,12-13,15-19,21-22,24-26,31-33,35-38,40-42,44,46-49,51-52,54-60,62-63,65-69H2,1-6H3,(H-,74,76,78,79)/b14-11-,23-20-,29-27+,30-28-,39-34-,45-43-,53-50-,64-61+. The SMILES string of the molecule is CC/C=C\C/C=C\C/C=C\C/C=C\C/C=C\C/C=C\CCCCC(=O)NC(COP(=O)([O-])OCC[N+](C)(C)C)C(/C=C/CCCCCCCCCCC)OC(=O)CCCCCCCCCCCCCCCCC/C=C/CCCCCCCC. The van der Waals surface area contributed by atoms with E-state index in [1.807, 2.05) is 33.3 Å². The lowest BCUT2D eigenvalue weighted by Crippen LogP contribution is -2.47. The van der Waals surface area contributed by atoms with Crippen LogP contribution in [0.15, 0.2) is 97.2 Å². The third-order valence-corrected chi connectivity index (χ3v) is 16.0. The van der Waals surface area contributed by atoms with Gasteiger partial charge in [-0.15, -0.1) is 0 Å². The molecule has 10 heteroatoms. The van der Waals surface area contributed by atoms with Crippen LogP contribution in [0.3, 0.4) is 0 Å². The topological polar surface area (TPSA) is 114 Å². The van der Waals surface area contributed by atoms with E-state index in [2.05, 4.69) is 111 Å². The van der Waals surface area contributed by atoms with E-state index < -0.39 is 26.6 Å². The highest BCUT2D eigenvalue weighted by Crippen LogP contribution is 2.38. The van der Waals surface area contributed by atoms with Crippen LogP contribution >= 0.6 is 7.82 Å². The highest BCUT2D eigenvalue weighted by Gasteiger charge is 2.27. The molecule has 0 saturated carbocycles. The van der Waals surface area contributed by atoms with Crippen LogP contribution in [0.25, 0.3) is 0 Å². The van der Waals surface area contributed by atoms with Crippen LogP contribution in [-0.2, 0) is 27.9 Å². The molecule has 0 saturated heterocycles. The van der Waals surface area contributed by atoms with Crippen LogP contribution in [0.5, 0.6) is 0 Å². The molecule has 0 aromatic heterocycles. The molecule has 0 aromatic rings. The first kappa shape index (κ1) is 79.9. The molecule has 0 heterocycles. The van der Waals surface area contributed by atoms with E-state index in [0.29, 0.717) is 17.4 Å². The summed E-state index contributed by atoms with van der Waals surface area (Å²) in [7, 11) is 1.15. The van der Waals surface area contributed by atoms with Gasteiger partial charge in [-0.25, -0.2) is 0 Å². The van der Waals surface area contributed by atoms with Crippen molar-refractivity contribution in [1.29, 1.82) is 0 Å². The number of rotatable bonds is 62. The fourth-order valence-electron chi connectivity index (χ4n) is 9.70. The van der Waals surface area contributed by atoms with Gasteiger partial charge in [0, 0.05) is 12.8 Å². The predicted molar refractivity (Wildman–Crippen MR) is 358 cm³/mol. The maximum absolute atomic E-state index is 13.6. The van der Waals surface area contributed by atoms with Crippen molar-refractivity contribution < 1.29 is 37.3 Å². The van der Waals surface area contributed by atoms with E-state index in [1.54, 1.807) is 0 Å². The Morgan fingerprint density at radius 3 is 1.18 bits per heavy atom. The van der Waals surface area contributed by atoms with Gasteiger partial charge in [0.15, 0.2) is 0 Å². The summed E-state index contributed by atoms with van der Waals surface area (Å²) in [5.74, 6) is -0.589. The number of hydrogen-bond acceptors (Lipinski definition) is 7. The molecular formula is C73H131N2O7P. The third kappa shape index (κ3) is 63.3. The van der Waals surface area contributed by atoms with Crippen molar-refractivity contribution >= 4 is 19.7 Å². The number of phosphoric acid groups is 1. The molecule has 0 rings (SSSR count). The Hall–Kier alpha value is -3.07. The summed E-state index contributed by atoms with van der Waals surface area (Å²) < 4.78 is 30.4. The fourth-order valence-corrected chi connectivity index (χ4v) is 10.4. The first-order chi connectivity index (χ1) is 40.4. The van der Waals surface area contributed by atoms with Gasteiger partial charge in [-0.2, -0.15) is 0 Å². The predicted octanol–water partition coefficient (Wildman–Crippen LogP) is 21.3. The first-order valence-corrected chi connectivity index (χ1v) is 36.0. The van der Waals surface area contributed by atoms with Crippen molar-refractivity contribution in [1.82, 2.24) is 5.32 Å². The maximum atomic E-state index is 13.6. The van der Waals surface area contributed by atoms with Crippen molar-refractivity contribution in [3.05, 3.63) is 97.2 Å². The van der Waals surface area contributed by atoms with Crippen LogP contribution in [-0.4, -0.2) is 69.4 Å². The minimum absolute atomic E-state index is 0.0343. The number of quaternary nitrogens is 1. The Bertz CT molecular complexity index is 1740. The monoisotopic (exact) mass is 1180 g/mol.